The van der Waals surface area contributed by atoms with Crippen LogP contribution in [0, 0.1) is 22.5 Å². The fraction of sp³-hybridized carbons (Fsp3) is 0.500. The Morgan fingerprint density at radius 3 is 2.79 bits per heavy atom. The summed E-state index contributed by atoms with van der Waals surface area (Å²) in [4.78, 5) is 27.6. The monoisotopic (exact) mass is 265 g/mol. The van der Waals surface area contributed by atoms with Crippen molar-refractivity contribution in [2.45, 2.75) is 20.3 Å². The Kier molecular flexibility index (Phi) is 3.13. The van der Waals surface area contributed by atoms with Crippen LogP contribution in [0.4, 0.5) is 11.5 Å². The quantitative estimate of drug-likeness (QED) is 0.658. The number of carboxylic acids is 1. The van der Waals surface area contributed by atoms with E-state index in [0.717, 1.165) is 0 Å². The van der Waals surface area contributed by atoms with Gasteiger partial charge in [-0.3, -0.25) is 14.9 Å². The fourth-order valence-electron chi connectivity index (χ4n) is 2.23. The molecule has 0 amide bonds. The first-order valence-corrected chi connectivity index (χ1v) is 5.94. The third kappa shape index (κ3) is 2.35. The van der Waals surface area contributed by atoms with E-state index >= 15 is 0 Å². The number of aromatic nitrogens is 1. The summed E-state index contributed by atoms with van der Waals surface area (Å²) in [5, 5.41) is 20.2. The molecule has 1 aliphatic rings. The minimum Gasteiger partial charge on any atom is -0.481 e. The van der Waals surface area contributed by atoms with Gasteiger partial charge in [0.15, 0.2) is 0 Å². The molecule has 2 rings (SSSR count). The van der Waals surface area contributed by atoms with Gasteiger partial charge < -0.3 is 10.0 Å². The van der Waals surface area contributed by atoms with E-state index in [-0.39, 0.29) is 18.1 Å². The lowest BCUT2D eigenvalue weighted by atomic mass is 9.90. The molecule has 1 saturated heterocycles. The summed E-state index contributed by atoms with van der Waals surface area (Å²) in [6.45, 7) is 4.09. The van der Waals surface area contributed by atoms with Gasteiger partial charge in [0.05, 0.1) is 10.3 Å². The van der Waals surface area contributed by atoms with Crippen molar-refractivity contribution in [3.8, 4) is 0 Å². The lowest BCUT2D eigenvalue weighted by Gasteiger charge is -2.20. The second kappa shape index (κ2) is 4.49. The van der Waals surface area contributed by atoms with Crippen LogP contribution in [-0.4, -0.2) is 34.1 Å². The smallest absolute Gasteiger partial charge is 0.311 e. The number of nitro groups is 1. The molecule has 1 fully saturated rings. The molecule has 1 aromatic rings. The third-order valence-electron chi connectivity index (χ3n) is 3.48. The maximum Gasteiger partial charge on any atom is 0.311 e. The molecule has 2 heterocycles. The molecule has 1 atom stereocenters. The highest BCUT2D eigenvalue weighted by Crippen LogP contribution is 2.36. The summed E-state index contributed by atoms with van der Waals surface area (Å²) in [7, 11) is 0. The first kappa shape index (κ1) is 13.3. The number of rotatable bonds is 3. The molecule has 1 N–H and O–H groups in total. The molecule has 7 heteroatoms. The Bertz CT molecular complexity index is 546. The number of pyridine rings is 1. The first-order valence-electron chi connectivity index (χ1n) is 5.94. The zero-order valence-electron chi connectivity index (χ0n) is 10.8. The van der Waals surface area contributed by atoms with E-state index in [2.05, 4.69) is 4.98 Å². The number of hydrogen-bond donors (Lipinski definition) is 1. The molecular formula is C12H15N3O4. The second-order valence-electron chi connectivity index (χ2n) is 5.09. The molecule has 0 radical (unpaired) electrons. The molecule has 7 nitrogen and oxygen atoms in total. The molecule has 0 aromatic carbocycles. The summed E-state index contributed by atoms with van der Waals surface area (Å²) in [5.41, 5.74) is -0.288. The van der Waals surface area contributed by atoms with E-state index in [1.807, 2.05) is 0 Å². The molecule has 0 saturated carbocycles. The van der Waals surface area contributed by atoms with Crippen LogP contribution in [-0.2, 0) is 4.79 Å². The van der Waals surface area contributed by atoms with Crippen LogP contribution in [0.3, 0.4) is 0 Å². The van der Waals surface area contributed by atoms with Crippen molar-refractivity contribution in [2.24, 2.45) is 5.41 Å². The van der Waals surface area contributed by atoms with Crippen LogP contribution in [0.5, 0.6) is 0 Å². The Morgan fingerprint density at radius 1 is 1.58 bits per heavy atom. The van der Waals surface area contributed by atoms with Crippen molar-refractivity contribution in [3.05, 3.63) is 27.9 Å². The normalized spacial score (nSPS) is 22.5. The van der Waals surface area contributed by atoms with Crippen molar-refractivity contribution in [1.82, 2.24) is 4.98 Å². The maximum absolute atomic E-state index is 11.2. The lowest BCUT2D eigenvalue weighted by molar-refractivity contribution is -0.384. The van der Waals surface area contributed by atoms with Crippen molar-refractivity contribution >= 4 is 17.5 Å². The highest BCUT2D eigenvalue weighted by molar-refractivity contribution is 5.76. The van der Waals surface area contributed by atoms with Gasteiger partial charge in [0.2, 0.25) is 5.82 Å². The lowest BCUT2D eigenvalue weighted by Crippen LogP contribution is -2.32. The third-order valence-corrected chi connectivity index (χ3v) is 3.48. The van der Waals surface area contributed by atoms with Gasteiger partial charge in [0.1, 0.15) is 0 Å². The molecule has 0 aliphatic carbocycles. The average molecular weight is 265 g/mol. The van der Waals surface area contributed by atoms with Crippen molar-refractivity contribution < 1.29 is 14.8 Å². The zero-order valence-corrected chi connectivity index (χ0v) is 10.8. The summed E-state index contributed by atoms with van der Waals surface area (Å²) < 4.78 is 0. The second-order valence-corrected chi connectivity index (χ2v) is 5.09. The van der Waals surface area contributed by atoms with Gasteiger partial charge in [0.25, 0.3) is 0 Å². The number of aliphatic carboxylic acids is 1. The number of aryl methyl sites for hydroxylation is 1. The highest BCUT2D eigenvalue weighted by atomic mass is 16.6. The van der Waals surface area contributed by atoms with Gasteiger partial charge in [-0.05, 0) is 26.3 Å². The Labute approximate surface area is 110 Å². The molecule has 1 aromatic heterocycles. The SMILES string of the molecule is Cc1ccc([N+](=O)[O-])c(N2CCC(C)(C(=O)O)C2)n1. The predicted molar refractivity (Wildman–Crippen MR) is 68.2 cm³/mol. The molecule has 1 aliphatic heterocycles. The van der Waals surface area contributed by atoms with Crippen molar-refractivity contribution in [3.63, 3.8) is 0 Å². The van der Waals surface area contributed by atoms with E-state index in [1.165, 1.54) is 6.07 Å². The van der Waals surface area contributed by atoms with E-state index in [0.29, 0.717) is 18.7 Å². The largest absolute Gasteiger partial charge is 0.481 e. The van der Waals surface area contributed by atoms with Crippen molar-refractivity contribution in [1.29, 1.82) is 0 Å². The molecule has 0 bridgehead atoms. The van der Waals surface area contributed by atoms with Gasteiger partial charge >= 0.3 is 11.7 Å². The number of nitrogens with zero attached hydrogens (tertiary/aromatic N) is 3. The van der Waals surface area contributed by atoms with E-state index < -0.39 is 16.3 Å². The predicted octanol–water partition coefficient (Wildman–Crippen LogP) is 1.60. The van der Waals surface area contributed by atoms with Gasteiger partial charge in [-0.2, -0.15) is 0 Å². The molecular weight excluding hydrogens is 250 g/mol. The number of carboxylic acid groups (broad SMARTS) is 1. The Balaban J connectivity index is 2.36. The fourth-order valence-corrected chi connectivity index (χ4v) is 2.23. The van der Waals surface area contributed by atoms with Crippen LogP contribution >= 0.6 is 0 Å². The van der Waals surface area contributed by atoms with E-state index in [4.69, 9.17) is 0 Å². The van der Waals surface area contributed by atoms with Gasteiger partial charge in [0, 0.05) is 24.8 Å². The first-order chi connectivity index (χ1) is 8.83. The summed E-state index contributed by atoms with van der Waals surface area (Å²) >= 11 is 0. The van der Waals surface area contributed by atoms with E-state index in [9.17, 15) is 20.0 Å². The molecule has 102 valence electrons. The van der Waals surface area contributed by atoms with Crippen molar-refractivity contribution in [2.75, 3.05) is 18.0 Å². The summed E-state index contributed by atoms with van der Waals surface area (Å²) in [6, 6.07) is 2.99. The van der Waals surface area contributed by atoms with Gasteiger partial charge in [-0.15, -0.1) is 0 Å². The topological polar surface area (TPSA) is 96.6 Å². The molecule has 0 spiro atoms. The van der Waals surface area contributed by atoms with Crippen LogP contribution in [0.15, 0.2) is 12.1 Å². The van der Waals surface area contributed by atoms with Crippen LogP contribution in [0.2, 0.25) is 0 Å². The minimum atomic E-state index is -0.884. The van der Waals surface area contributed by atoms with Crippen LogP contribution in [0.1, 0.15) is 19.0 Å². The average Bonchev–Trinajstić information content (AvgIpc) is 2.73. The summed E-state index contributed by atoms with van der Waals surface area (Å²) in [6.07, 6.45) is 0.453. The number of anilines is 1. The highest BCUT2D eigenvalue weighted by Gasteiger charge is 2.42. The number of hydrogen-bond acceptors (Lipinski definition) is 5. The Hall–Kier alpha value is -2.18. The zero-order chi connectivity index (χ0) is 14.2. The molecule has 19 heavy (non-hydrogen) atoms. The number of carbonyl (C=O) groups is 1. The van der Waals surface area contributed by atoms with Crippen LogP contribution < -0.4 is 4.90 Å². The summed E-state index contributed by atoms with van der Waals surface area (Å²) in [5.74, 6) is -0.625. The maximum atomic E-state index is 11.2. The van der Waals surface area contributed by atoms with Gasteiger partial charge in [-0.25, -0.2) is 4.98 Å². The Morgan fingerprint density at radius 2 is 2.26 bits per heavy atom. The van der Waals surface area contributed by atoms with E-state index in [1.54, 1.807) is 24.8 Å². The molecule has 1 unspecified atom stereocenters. The standard InChI is InChI=1S/C12H15N3O4/c1-8-3-4-9(15(18)19)10(13-8)14-6-5-12(2,7-14)11(16)17/h3-4H,5-7H2,1-2H3,(H,16,17). The minimum absolute atomic E-state index is 0.0831. The van der Waals surface area contributed by atoms with Gasteiger partial charge in [-0.1, -0.05) is 0 Å². The van der Waals surface area contributed by atoms with Crippen LogP contribution in [0.25, 0.3) is 0 Å².